The topological polar surface area (TPSA) is 46.9 Å². The predicted octanol–water partition coefficient (Wildman–Crippen LogP) is 2.60. The molecule has 0 atom stereocenters. The molecule has 1 heterocycles. The average molecular weight is 273 g/mol. The molecule has 4 aliphatic carbocycles. The molecule has 4 bridgehead atoms. The van der Waals surface area contributed by atoms with Crippen molar-refractivity contribution in [2.45, 2.75) is 57.5 Å². The van der Waals surface area contributed by atoms with Crippen molar-refractivity contribution >= 4 is 5.91 Å². The fourth-order valence-electron chi connectivity index (χ4n) is 5.23. The Labute approximate surface area is 119 Å². The Balaban J connectivity index is 1.52. The SMILES string of the molecule is CCn1ccc(C(=O)NC23CC4CC(CC(C4)C2)C3)n1. The van der Waals surface area contributed by atoms with Gasteiger partial charge in [0.2, 0.25) is 0 Å². The number of hydrogen-bond donors (Lipinski definition) is 1. The Morgan fingerprint density at radius 3 is 2.40 bits per heavy atom. The van der Waals surface area contributed by atoms with Gasteiger partial charge in [-0.05, 0) is 69.3 Å². The van der Waals surface area contributed by atoms with Gasteiger partial charge in [0.1, 0.15) is 5.69 Å². The molecule has 4 saturated carbocycles. The van der Waals surface area contributed by atoms with E-state index in [9.17, 15) is 4.79 Å². The highest BCUT2D eigenvalue weighted by Crippen LogP contribution is 2.55. The van der Waals surface area contributed by atoms with Crippen molar-refractivity contribution in [3.05, 3.63) is 18.0 Å². The van der Waals surface area contributed by atoms with Gasteiger partial charge in [-0.3, -0.25) is 9.48 Å². The van der Waals surface area contributed by atoms with E-state index < -0.39 is 0 Å². The van der Waals surface area contributed by atoms with Gasteiger partial charge in [-0.15, -0.1) is 0 Å². The Morgan fingerprint density at radius 1 is 1.30 bits per heavy atom. The number of aryl methyl sites for hydroxylation is 1. The highest BCUT2D eigenvalue weighted by Gasteiger charge is 2.51. The first-order valence-corrected chi connectivity index (χ1v) is 8.02. The largest absolute Gasteiger partial charge is 0.345 e. The molecule has 0 spiro atoms. The average Bonchev–Trinajstić information content (AvgIpc) is 2.85. The van der Waals surface area contributed by atoms with E-state index in [1.807, 2.05) is 23.9 Å². The molecule has 1 N–H and O–H groups in total. The molecule has 0 aliphatic heterocycles. The highest BCUT2D eigenvalue weighted by atomic mass is 16.2. The summed E-state index contributed by atoms with van der Waals surface area (Å²) in [5, 5.41) is 7.69. The Morgan fingerprint density at radius 2 is 1.90 bits per heavy atom. The summed E-state index contributed by atoms with van der Waals surface area (Å²) in [6.07, 6.45) is 9.67. The molecule has 1 aromatic heterocycles. The fourth-order valence-corrected chi connectivity index (χ4v) is 5.23. The van der Waals surface area contributed by atoms with Crippen LogP contribution in [0.3, 0.4) is 0 Å². The van der Waals surface area contributed by atoms with Crippen LogP contribution in [0.5, 0.6) is 0 Å². The Kier molecular flexibility index (Phi) is 2.69. The number of carbonyl (C=O) groups is 1. The molecule has 5 rings (SSSR count). The predicted molar refractivity (Wildman–Crippen MR) is 76.3 cm³/mol. The first-order chi connectivity index (χ1) is 9.66. The summed E-state index contributed by atoms with van der Waals surface area (Å²) in [4.78, 5) is 12.5. The number of amides is 1. The van der Waals surface area contributed by atoms with Gasteiger partial charge < -0.3 is 5.32 Å². The zero-order valence-electron chi connectivity index (χ0n) is 12.1. The zero-order chi connectivity index (χ0) is 13.7. The maximum absolute atomic E-state index is 12.5. The second-order valence-electron chi connectivity index (χ2n) is 7.21. The van der Waals surface area contributed by atoms with Crippen LogP contribution < -0.4 is 5.32 Å². The molecule has 4 aliphatic rings. The van der Waals surface area contributed by atoms with Gasteiger partial charge in [0.15, 0.2) is 0 Å². The summed E-state index contributed by atoms with van der Waals surface area (Å²) in [5.41, 5.74) is 0.657. The van der Waals surface area contributed by atoms with Crippen LogP contribution in [-0.4, -0.2) is 21.2 Å². The molecule has 0 aromatic carbocycles. The monoisotopic (exact) mass is 273 g/mol. The molecule has 20 heavy (non-hydrogen) atoms. The maximum Gasteiger partial charge on any atom is 0.272 e. The van der Waals surface area contributed by atoms with Gasteiger partial charge >= 0.3 is 0 Å². The number of nitrogens with one attached hydrogen (secondary N) is 1. The van der Waals surface area contributed by atoms with Crippen molar-refractivity contribution in [1.29, 1.82) is 0 Å². The van der Waals surface area contributed by atoms with Crippen LogP contribution >= 0.6 is 0 Å². The second-order valence-corrected chi connectivity index (χ2v) is 7.21. The Bertz CT molecular complexity index is 498. The van der Waals surface area contributed by atoms with Gasteiger partial charge in [0, 0.05) is 18.3 Å². The summed E-state index contributed by atoms with van der Waals surface area (Å²) in [6.45, 7) is 2.85. The first kappa shape index (κ1) is 12.4. The van der Waals surface area contributed by atoms with Gasteiger partial charge in [0.25, 0.3) is 5.91 Å². The Hall–Kier alpha value is -1.32. The number of aromatic nitrogens is 2. The van der Waals surface area contributed by atoms with Crippen LogP contribution in [0.25, 0.3) is 0 Å². The molecule has 0 unspecified atom stereocenters. The van der Waals surface area contributed by atoms with Crippen LogP contribution in [0, 0.1) is 17.8 Å². The molecule has 4 fully saturated rings. The molecular formula is C16H23N3O. The van der Waals surface area contributed by atoms with Crippen molar-refractivity contribution < 1.29 is 4.79 Å². The smallest absolute Gasteiger partial charge is 0.272 e. The minimum atomic E-state index is 0.0270. The molecule has 108 valence electrons. The quantitative estimate of drug-likeness (QED) is 0.920. The molecule has 1 aromatic rings. The second kappa shape index (κ2) is 4.34. The zero-order valence-corrected chi connectivity index (χ0v) is 12.1. The van der Waals surface area contributed by atoms with Crippen LogP contribution in [0.4, 0.5) is 0 Å². The van der Waals surface area contributed by atoms with Crippen LogP contribution in [-0.2, 0) is 6.54 Å². The third-order valence-electron chi connectivity index (χ3n) is 5.61. The van der Waals surface area contributed by atoms with E-state index in [1.54, 1.807) is 0 Å². The third-order valence-corrected chi connectivity index (χ3v) is 5.61. The minimum Gasteiger partial charge on any atom is -0.345 e. The van der Waals surface area contributed by atoms with Crippen LogP contribution in [0.15, 0.2) is 12.3 Å². The minimum absolute atomic E-state index is 0.0270. The molecule has 0 radical (unpaired) electrons. The third kappa shape index (κ3) is 1.97. The lowest BCUT2D eigenvalue weighted by molar-refractivity contribution is -0.0168. The van der Waals surface area contributed by atoms with Crippen molar-refractivity contribution in [1.82, 2.24) is 15.1 Å². The maximum atomic E-state index is 12.5. The molecular weight excluding hydrogens is 250 g/mol. The van der Waals surface area contributed by atoms with Crippen molar-refractivity contribution in [3.8, 4) is 0 Å². The van der Waals surface area contributed by atoms with E-state index in [2.05, 4.69) is 10.4 Å². The van der Waals surface area contributed by atoms with E-state index in [4.69, 9.17) is 0 Å². The summed E-state index contributed by atoms with van der Waals surface area (Å²) in [7, 11) is 0. The molecule has 0 saturated heterocycles. The van der Waals surface area contributed by atoms with Gasteiger partial charge in [-0.2, -0.15) is 5.10 Å². The van der Waals surface area contributed by atoms with Crippen LogP contribution in [0.1, 0.15) is 55.9 Å². The molecule has 4 heteroatoms. The van der Waals surface area contributed by atoms with Gasteiger partial charge in [0.05, 0.1) is 0 Å². The number of hydrogen-bond acceptors (Lipinski definition) is 2. The fraction of sp³-hybridized carbons (Fsp3) is 0.750. The van der Waals surface area contributed by atoms with Crippen molar-refractivity contribution in [3.63, 3.8) is 0 Å². The van der Waals surface area contributed by atoms with E-state index in [1.165, 1.54) is 38.5 Å². The van der Waals surface area contributed by atoms with E-state index >= 15 is 0 Å². The van der Waals surface area contributed by atoms with Gasteiger partial charge in [-0.1, -0.05) is 0 Å². The lowest BCUT2D eigenvalue weighted by Crippen LogP contribution is -2.59. The highest BCUT2D eigenvalue weighted by molar-refractivity contribution is 5.92. The van der Waals surface area contributed by atoms with E-state index in [0.29, 0.717) is 5.69 Å². The first-order valence-electron chi connectivity index (χ1n) is 8.02. The summed E-state index contributed by atoms with van der Waals surface area (Å²) in [5.74, 6) is 2.60. The van der Waals surface area contributed by atoms with Crippen molar-refractivity contribution in [2.24, 2.45) is 17.8 Å². The van der Waals surface area contributed by atoms with Gasteiger partial charge in [-0.25, -0.2) is 0 Å². The number of nitrogens with zero attached hydrogens (tertiary/aromatic N) is 2. The lowest BCUT2D eigenvalue weighted by atomic mass is 9.53. The number of rotatable bonds is 3. The number of carbonyl (C=O) groups excluding carboxylic acids is 1. The van der Waals surface area contributed by atoms with E-state index in [0.717, 1.165) is 24.3 Å². The lowest BCUT2D eigenvalue weighted by Gasteiger charge is -2.56. The molecule has 4 nitrogen and oxygen atoms in total. The molecule has 1 amide bonds. The summed E-state index contributed by atoms with van der Waals surface area (Å²) < 4.78 is 1.81. The summed E-state index contributed by atoms with van der Waals surface area (Å²) in [6, 6.07) is 1.83. The van der Waals surface area contributed by atoms with Crippen molar-refractivity contribution in [2.75, 3.05) is 0 Å². The normalized spacial score (nSPS) is 38.1. The standard InChI is InChI=1S/C16H23N3O/c1-2-19-4-3-14(18-19)15(20)17-16-8-11-5-12(9-16)7-13(6-11)10-16/h3-4,11-13H,2,5-10H2,1H3,(H,17,20). The van der Waals surface area contributed by atoms with Crippen LogP contribution in [0.2, 0.25) is 0 Å². The summed E-state index contributed by atoms with van der Waals surface area (Å²) >= 11 is 0. The van der Waals surface area contributed by atoms with E-state index in [-0.39, 0.29) is 11.4 Å².